The smallest absolute Gasteiger partial charge is 0.133 e. The maximum Gasteiger partial charge on any atom is 0.133 e. The number of halogens is 2. The Labute approximate surface area is 214 Å². The molecule has 2 aromatic carbocycles. The van der Waals surface area contributed by atoms with Crippen LogP contribution < -0.4 is 9.47 Å². The minimum Gasteiger partial charge on any atom is -0.489 e. The van der Waals surface area contributed by atoms with Crippen LogP contribution >= 0.6 is 31.9 Å². The zero-order valence-electron chi connectivity index (χ0n) is 19.4. The maximum atomic E-state index is 9.93. The molecule has 0 bridgehead atoms. The molecule has 4 nitrogen and oxygen atoms in total. The molecule has 2 aliphatic carbocycles. The summed E-state index contributed by atoms with van der Waals surface area (Å²) in [5.41, 5.74) is 2.15. The van der Waals surface area contributed by atoms with Crippen LogP contribution in [0, 0.1) is 0 Å². The molecule has 0 spiro atoms. The van der Waals surface area contributed by atoms with Gasteiger partial charge in [0.25, 0.3) is 0 Å². The first-order valence-corrected chi connectivity index (χ1v) is 13.6. The SMILES string of the molecule is CC(C)(c1ccc(OC2CCCC(O)C2)c(Br)c1)c1ccc(OC2CCCC(O)C2)c(Br)c1. The predicted octanol–water partition coefficient (Wildman–Crippen LogP) is 6.90. The standard InChI is InChI=1S/C27H34Br2O4/c1-27(2,17-9-11-25(23(28)13-17)32-21-7-3-5-19(30)15-21)18-10-12-26(24(29)14-18)33-22-8-4-6-20(31)16-22/h9-14,19-22,30-31H,3-8,15-16H2,1-2H3. The third-order valence-electron chi connectivity index (χ3n) is 7.09. The van der Waals surface area contributed by atoms with Crippen LogP contribution in [0.3, 0.4) is 0 Å². The molecule has 2 saturated carbocycles. The van der Waals surface area contributed by atoms with E-state index in [0.717, 1.165) is 59.0 Å². The van der Waals surface area contributed by atoms with E-state index in [2.05, 4.69) is 70.0 Å². The van der Waals surface area contributed by atoms with E-state index in [1.165, 1.54) is 11.1 Å². The van der Waals surface area contributed by atoms with E-state index in [-0.39, 0.29) is 29.8 Å². The Morgan fingerprint density at radius 3 is 1.52 bits per heavy atom. The van der Waals surface area contributed by atoms with Crippen LogP contribution in [-0.4, -0.2) is 34.6 Å². The Kier molecular flexibility index (Phi) is 8.10. The van der Waals surface area contributed by atoms with Gasteiger partial charge in [-0.1, -0.05) is 26.0 Å². The van der Waals surface area contributed by atoms with E-state index in [1.54, 1.807) is 0 Å². The first-order chi connectivity index (χ1) is 15.7. The quantitative estimate of drug-likeness (QED) is 0.389. The highest BCUT2D eigenvalue weighted by atomic mass is 79.9. The van der Waals surface area contributed by atoms with Crippen LogP contribution in [0.1, 0.15) is 76.3 Å². The average molecular weight is 582 g/mol. The second-order valence-electron chi connectivity index (χ2n) is 10.0. The molecule has 0 heterocycles. The second kappa shape index (κ2) is 10.7. The van der Waals surface area contributed by atoms with Crippen LogP contribution in [0.25, 0.3) is 0 Å². The van der Waals surface area contributed by atoms with Crippen molar-refractivity contribution in [3.8, 4) is 11.5 Å². The van der Waals surface area contributed by atoms with Crippen molar-refractivity contribution >= 4 is 31.9 Å². The lowest BCUT2D eigenvalue weighted by atomic mass is 9.78. The lowest BCUT2D eigenvalue weighted by Gasteiger charge is -2.30. The van der Waals surface area contributed by atoms with Crippen molar-refractivity contribution in [1.29, 1.82) is 0 Å². The molecule has 2 N–H and O–H groups in total. The van der Waals surface area contributed by atoms with E-state index >= 15 is 0 Å². The molecule has 33 heavy (non-hydrogen) atoms. The minimum atomic E-state index is -0.255. The van der Waals surface area contributed by atoms with Crippen LogP contribution in [0.4, 0.5) is 0 Å². The van der Waals surface area contributed by atoms with Gasteiger partial charge in [-0.25, -0.2) is 0 Å². The summed E-state index contributed by atoms with van der Waals surface area (Å²) in [6, 6.07) is 12.6. The molecule has 0 amide bonds. The van der Waals surface area contributed by atoms with Gasteiger partial charge in [0, 0.05) is 18.3 Å². The van der Waals surface area contributed by atoms with Crippen LogP contribution in [0.5, 0.6) is 11.5 Å². The summed E-state index contributed by atoms with van der Waals surface area (Å²) in [4.78, 5) is 0. The van der Waals surface area contributed by atoms with Gasteiger partial charge in [-0.2, -0.15) is 0 Å². The average Bonchev–Trinajstić information content (AvgIpc) is 2.76. The first kappa shape index (κ1) is 25.0. The summed E-state index contributed by atoms with van der Waals surface area (Å²) in [6.45, 7) is 4.43. The number of rotatable bonds is 6. The Morgan fingerprint density at radius 1 is 0.727 bits per heavy atom. The fourth-order valence-electron chi connectivity index (χ4n) is 4.95. The Bertz CT molecular complexity index is 886. The van der Waals surface area contributed by atoms with E-state index in [4.69, 9.17) is 9.47 Å². The Morgan fingerprint density at radius 2 is 1.15 bits per heavy atom. The van der Waals surface area contributed by atoms with Crippen LogP contribution in [-0.2, 0) is 5.41 Å². The molecule has 4 atom stereocenters. The van der Waals surface area contributed by atoms with Crippen LogP contribution in [0.2, 0.25) is 0 Å². The molecule has 2 aromatic rings. The number of aliphatic hydroxyl groups excluding tert-OH is 2. The molecule has 0 saturated heterocycles. The summed E-state index contributed by atoms with van der Waals surface area (Å²) in [7, 11) is 0. The largest absolute Gasteiger partial charge is 0.489 e. The highest BCUT2D eigenvalue weighted by molar-refractivity contribution is 9.10. The molecule has 4 unspecified atom stereocenters. The van der Waals surface area contributed by atoms with Gasteiger partial charge in [0.05, 0.1) is 21.2 Å². The topological polar surface area (TPSA) is 58.9 Å². The highest BCUT2D eigenvalue weighted by Gasteiger charge is 2.27. The number of ether oxygens (including phenoxy) is 2. The first-order valence-electron chi connectivity index (χ1n) is 12.0. The third kappa shape index (κ3) is 6.14. The van der Waals surface area contributed by atoms with Crippen molar-refractivity contribution in [1.82, 2.24) is 0 Å². The van der Waals surface area contributed by atoms with Gasteiger partial charge in [-0.15, -0.1) is 0 Å². The molecule has 0 aromatic heterocycles. The summed E-state index contributed by atoms with van der Waals surface area (Å²) in [6.07, 6.45) is 6.74. The Hall–Kier alpha value is -1.08. The molecular formula is C27H34Br2O4. The maximum absolute atomic E-state index is 9.93. The summed E-state index contributed by atoms with van der Waals surface area (Å²) >= 11 is 7.41. The summed E-state index contributed by atoms with van der Waals surface area (Å²) in [5, 5.41) is 19.9. The van der Waals surface area contributed by atoms with Crippen molar-refractivity contribution in [2.45, 2.75) is 95.0 Å². The zero-order chi connectivity index (χ0) is 23.6. The molecule has 2 fully saturated rings. The van der Waals surface area contributed by atoms with Crippen molar-refractivity contribution in [2.75, 3.05) is 0 Å². The van der Waals surface area contributed by atoms with Gasteiger partial charge in [-0.05, 0) is 106 Å². The van der Waals surface area contributed by atoms with E-state index < -0.39 is 0 Å². The summed E-state index contributed by atoms with van der Waals surface area (Å²) < 4.78 is 14.3. The third-order valence-corrected chi connectivity index (χ3v) is 8.33. The zero-order valence-corrected chi connectivity index (χ0v) is 22.6. The molecule has 0 aliphatic heterocycles. The molecule has 6 heteroatoms. The van der Waals surface area contributed by atoms with Crippen molar-refractivity contribution in [3.05, 3.63) is 56.5 Å². The highest BCUT2D eigenvalue weighted by Crippen LogP contribution is 2.40. The molecule has 4 rings (SSSR count). The van der Waals surface area contributed by atoms with E-state index in [1.807, 2.05) is 12.1 Å². The fraction of sp³-hybridized carbons (Fsp3) is 0.556. The fourth-order valence-corrected chi connectivity index (χ4v) is 5.90. The molecule has 0 radical (unpaired) electrons. The molecule has 180 valence electrons. The van der Waals surface area contributed by atoms with Gasteiger partial charge in [0.15, 0.2) is 0 Å². The minimum absolute atomic E-state index is 0.0673. The second-order valence-corrected chi connectivity index (χ2v) is 11.7. The monoisotopic (exact) mass is 580 g/mol. The Balaban J connectivity index is 1.48. The van der Waals surface area contributed by atoms with Gasteiger partial charge < -0.3 is 19.7 Å². The van der Waals surface area contributed by atoms with Gasteiger partial charge in [-0.3, -0.25) is 0 Å². The number of hydrogen-bond donors (Lipinski definition) is 2. The van der Waals surface area contributed by atoms with Crippen LogP contribution in [0.15, 0.2) is 45.3 Å². The predicted molar refractivity (Wildman–Crippen MR) is 138 cm³/mol. The van der Waals surface area contributed by atoms with Gasteiger partial charge in [0.1, 0.15) is 23.7 Å². The number of benzene rings is 2. The molecular weight excluding hydrogens is 548 g/mol. The normalized spacial score (nSPS) is 26.1. The van der Waals surface area contributed by atoms with Crippen molar-refractivity contribution < 1.29 is 19.7 Å². The van der Waals surface area contributed by atoms with E-state index in [9.17, 15) is 10.2 Å². The van der Waals surface area contributed by atoms with E-state index in [0.29, 0.717) is 12.8 Å². The molecule has 2 aliphatic rings. The van der Waals surface area contributed by atoms with Gasteiger partial charge in [0.2, 0.25) is 0 Å². The van der Waals surface area contributed by atoms with Crippen molar-refractivity contribution in [3.63, 3.8) is 0 Å². The number of aliphatic hydroxyl groups is 2. The lowest BCUT2D eigenvalue weighted by Crippen LogP contribution is -2.28. The van der Waals surface area contributed by atoms with Crippen molar-refractivity contribution in [2.24, 2.45) is 0 Å². The lowest BCUT2D eigenvalue weighted by molar-refractivity contribution is 0.0528. The van der Waals surface area contributed by atoms with Gasteiger partial charge >= 0.3 is 0 Å². The summed E-state index contributed by atoms with van der Waals surface area (Å²) in [5.74, 6) is 1.65. The number of hydrogen-bond acceptors (Lipinski definition) is 4.